The minimum atomic E-state index is -0.923. The Morgan fingerprint density at radius 2 is 2.18 bits per heavy atom. The molecule has 0 radical (unpaired) electrons. The number of aliphatic carboxylic acids is 1. The number of hydrogen-bond donors (Lipinski definition) is 2. The second-order valence-corrected chi connectivity index (χ2v) is 4.60. The first-order valence-corrected chi connectivity index (χ1v) is 5.92. The second-order valence-electron chi connectivity index (χ2n) is 4.60. The maximum Gasteiger partial charge on any atom is 0.321 e. The van der Waals surface area contributed by atoms with Crippen LogP contribution in [0, 0.1) is 0 Å². The Bertz CT molecular complexity index is 380. The van der Waals surface area contributed by atoms with E-state index in [0.717, 1.165) is 19.5 Å². The van der Waals surface area contributed by atoms with Crippen molar-refractivity contribution >= 4 is 5.97 Å². The highest BCUT2D eigenvalue weighted by Gasteiger charge is 2.26. The molecule has 0 spiro atoms. The maximum atomic E-state index is 10.7. The summed E-state index contributed by atoms with van der Waals surface area (Å²) in [5.74, 6) is -0.412. The van der Waals surface area contributed by atoms with E-state index in [0.29, 0.717) is 12.5 Å². The van der Waals surface area contributed by atoms with E-state index in [1.54, 1.807) is 0 Å². The summed E-state index contributed by atoms with van der Waals surface area (Å²) < 4.78 is 0. The van der Waals surface area contributed by atoms with Crippen LogP contribution >= 0.6 is 0 Å². The van der Waals surface area contributed by atoms with Crippen molar-refractivity contribution in [1.82, 2.24) is 4.90 Å². The molecule has 1 aliphatic rings. The van der Waals surface area contributed by atoms with E-state index in [1.165, 1.54) is 5.56 Å². The summed E-state index contributed by atoms with van der Waals surface area (Å²) in [5.41, 5.74) is 6.87. The lowest BCUT2D eigenvalue weighted by molar-refractivity contribution is -0.138. The molecule has 0 aliphatic carbocycles. The Morgan fingerprint density at radius 3 is 2.82 bits per heavy atom. The van der Waals surface area contributed by atoms with Gasteiger partial charge in [0.2, 0.25) is 0 Å². The van der Waals surface area contributed by atoms with Crippen LogP contribution in [0.5, 0.6) is 0 Å². The van der Waals surface area contributed by atoms with Crippen LogP contribution in [0.2, 0.25) is 0 Å². The van der Waals surface area contributed by atoms with Gasteiger partial charge < -0.3 is 15.7 Å². The third-order valence-corrected chi connectivity index (χ3v) is 3.32. The van der Waals surface area contributed by atoms with Crippen molar-refractivity contribution in [2.75, 3.05) is 19.6 Å². The number of nitrogens with two attached hydrogens (primary N) is 1. The molecular formula is C13H18N2O2. The number of rotatable bonds is 4. The lowest BCUT2D eigenvalue weighted by atomic mass is 9.99. The van der Waals surface area contributed by atoms with Crippen LogP contribution in [-0.2, 0) is 4.79 Å². The van der Waals surface area contributed by atoms with Crippen molar-refractivity contribution in [1.29, 1.82) is 0 Å². The van der Waals surface area contributed by atoms with Gasteiger partial charge in [-0.3, -0.25) is 4.79 Å². The van der Waals surface area contributed by atoms with Gasteiger partial charge in [0.05, 0.1) is 0 Å². The van der Waals surface area contributed by atoms with E-state index in [2.05, 4.69) is 17.0 Å². The molecule has 4 nitrogen and oxygen atoms in total. The molecule has 1 heterocycles. The molecule has 2 rings (SSSR count). The van der Waals surface area contributed by atoms with E-state index in [4.69, 9.17) is 10.8 Å². The van der Waals surface area contributed by atoms with Gasteiger partial charge in [-0.1, -0.05) is 30.3 Å². The zero-order valence-electron chi connectivity index (χ0n) is 9.75. The fraction of sp³-hybridized carbons (Fsp3) is 0.462. The molecule has 0 bridgehead atoms. The maximum absolute atomic E-state index is 10.7. The molecule has 0 saturated carbocycles. The fourth-order valence-electron chi connectivity index (χ4n) is 2.35. The van der Waals surface area contributed by atoms with Gasteiger partial charge in [-0.05, 0) is 24.4 Å². The van der Waals surface area contributed by atoms with E-state index >= 15 is 0 Å². The van der Waals surface area contributed by atoms with Crippen LogP contribution in [0.4, 0.5) is 0 Å². The normalized spacial score (nSPS) is 22.5. The Morgan fingerprint density at radius 1 is 1.47 bits per heavy atom. The van der Waals surface area contributed by atoms with Crippen LogP contribution < -0.4 is 5.73 Å². The van der Waals surface area contributed by atoms with Crippen molar-refractivity contribution in [3.63, 3.8) is 0 Å². The minimum Gasteiger partial charge on any atom is -0.480 e. The van der Waals surface area contributed by atoms with Crippen LogP contribution in [-0.4, -0.2) is 41.7 Å². The van der Waals surface area contributed by atoms with Crippen molar-refractivity contribution in [3.8, 4) is 0 Å². The lowest BCUT2D eigenvalue weighted by Gasteiger charge is -2.18. The van der Waals surface area contributed by atoms with Crippen LogP contribution in [0.15, 0.2) is 30.3 Å². The summed E-state index contributed by atoms with van der Waals surface area (Å²) in [7, 11) is 0. The Labute approximate surface area is 101 Å². The van der Waals surface area contributed by atoms with Crippen molar-refractivity contribution in [3.05, 3.63) is 35.9 Å². The Hall–Kier alpha value is -1.39. The van der Waals surface area contributed by atoms with Gasteiger partial charge in [0, 0.05) is 13.1 Å². The molecule has 3 N–H and O–H groups in total. The molecular weight excluding hydrogens is 216 g/mol. The topological polar surface area (TPSA) is 66.6 Å². The molecule has 0 aromatic heterocycles. The molecule has 0 amide bonds. The number of likely N-dealkylation sites (tertiary alicyclic amines) is 1. The quantitative estimate of drug-likeness (QED) is 0.812. The third kappa shape index (κ3) is 3.05. The number of benzene rings is 1. The highest BCUT2D eigenvalue weighted by Crippen LogP contribution is 2.26. The molecule has 1 aliphatic heterocycles. The van der Waals surface area contributed by atoms with Gasteiger partial charge in [0.15, 0.2) is 0 Å². The first kappa shape index (κ1) is 12.1. The molecule has 2 unspecified atom stereocenters. The van der Waals surface area contributed by atoms with E-state index in [-0.39, 0.29) is 0 Å². The zero-order chi connectivity index (χ0) is 12.3. The average Bonchev–Trinajstić information content (AvgIpc) is 2.78. The Kier molecular flexibility index (Phi) is 3.76. The Balaban J connectivity index is 1.90. The van der Waals surface area contributed by atoms with Gasteiger partial charge in [-0.25, -0.2) is 0 Å². The highest BCUT2D eigenvalue weighted by atomic mass is 16.4. The number of hydrogen-bond acceptors (Lipinski definition) is 3. The van der Waals surface area contributed by atoms with Gasteiger partial charge in [-0.2, -0.15) is 0 Å². The predicted octanol–water partition coefficient (Wildman–Crippen LogP) is 0.888. The van der Waals surface area contributed by atoms with Gasteiger partial charge in [0.25, 0.3) is 0 Å². The predicted molar refractivity (Wildman–Crippen MR) is 65.9 cm³/mol. The van der Waals surface area contributed by atoms with Crippen LogP contribution in [0.3, 0.4) is 0 Å². The zero-order valence-corrected chi connectivity index (χ0v) is 9.75. The monoisotopic (exact) mass is 234 g/mol. The van der Waals surface area contributed by atoms with E-state index in [1.807, 2.05) is 18.2 Å². The number of carboxylic acids is 1. The van der Waals surface area contributed by atoms with Gasteiger partial charge in [0.1, 0.15) is 6.04 Å². The molecule has 92 valence electrons. The molecule has 1 aromatic carbocycles. The summed E-state index contributed by atoms with van der Waals surface area (Å²) in [5, 5.41) is 8.77. The highest BCUT2D eigenvalue weighted by molar-refractivity contribution is 5.73. The molecule has 1 aromatic rings. The largest absolute Gasteiger partial charge is 0.480 e. The van der Waals surface area contributed by atoms with E-state index in [9.17, 15) is 4.79 Å². The third-order valence-electron chi connectivity index (χ3n) is 3.32. The summed E-state index contributed by atoms with van der Waals surface area (Å²) in [6, 6.07) is 9.58. The van der Waals surface area contributed by atoms with Gasteiger partial charge in [-0.15, -0.1) is 0 Å². The summed E-state index contributed by atoms with van der Waals surface area (Å²) in [6.45, 7) is 2.28. The summed E-state index contributed by atoms with van der Waals surface area (Å²) in [6.07, 6.45) is 1.08. The molecule has 17 heavy (non-hydrogen) atoms. The molecule has 4 heteroatoms. The fourth-order valence-corrected chi connectivity index (χ4v) is 2.35. The van der Waals surface area contributed by atoms with Crippen LogP contribution in [0.25, 0.3) is 0 Å². The van der Waals surface area contributed by atoms with E-state index < -0.39 is 12.0 Å². The second kappa shape index (κ2) is 5.29. The summed E-state index contributed by atoms with van der Waals surface area (Å²) in [4.78, 5) is 12.8. The molecule has 2 atom stereocenters. The smallest absolute Gasteiger partial charge is 0.321 e. The molecule has 1 fully saturated rings. The lowest BCUT2D eigenvalue weighted by Crippen LogP contribution is -2.41. The summed E-state index contributed by atoms with van der Waals surface area (Å²) >= 11 is 0. The van der Waals surface area contributed by atoms with Crippen molar-refractivity contribution < 1.29 is 9.90 Å². The van der Waals surface area contributed by atoms with Crippen molar-refractivity contribution in [2.24, 2.45) is 5.73 Å². The first-order chi connectivity index (χ1) is 8.16. The molecule has 1 saturated heterocycles. The van der Waals surface area contributed by atoms with Gasteiger partial charge >= 0.3 is 5.97 Å². The minimum absolute atomic E-state index is 0.443. The SMILES string of the molecule is NC(CN1CCC(c2ccccc2)C1)C(=O)O. The number of nitrogens with zero attached hydrogens (tertiary/aromatic N) is 1. The van der Waals surface area contributed by atoms with Crippen LogP contribution in [0.1, 0.15) is 17.9 Å². The van der Waals surface area contributed by atoms with Crippen molar-refractivity contribution in [2.45, 2.75) is 18.4 Å². The number of carboxylic acid groups (broad SMARTS) is 1. The number of carbonyl (C=O) groups is 1. The average molecular weight is 234 g/mol. The first-order valence-electron chi connectivity index (χ1n) is 5.92. The standard InChI is InChI=1S/C13H18N2O2/c14-12(13(16)17)9-15-7-6-11(8-15)10-4-2-1-3-5-10/h1-5,11-12H,6-9,14H2,(H,16,17).